The van der Waals surface area contributed by atoms with Crippen LogP contribution in [0.2, 0.25) is 0 Å². The fraction of sp³-hybridized carbons (Fsp3) is 0.600. The first-order valence-corrected chi connectivity index (χ1v) is 9.74. The largest absolute Gasteiger partial charge is 0.480 e. The highest BCUT2D eigenvalue weighted by Gasteiger charge is 2.37. The molecule has 148 valence electrons. The molecular formula is C20H30N4O3. The minimum atomic E-state index is -0.799. The van der Waals surface area contributed by atoms with E-state index in [0.717, 1.165) is 31.5 Å². The number of carbonyl (C=O) groups is 2. The van der Waals surface area contributed by atoms with Crippen molar-refractivity contribution in [3.63, 3.8) is 0 Å². The molecule has 0 spiro atoms. The van der Waals surface area contributed by atoms with Gasteiger partial charge in [0.25, 0.3) is 0 Å². The maximum Gasteiger partial charge on any atom is 0.318 e. The fourth-order valence-corrected chi connectivity index (χ4v) is 4.06. The van der Waals surface area contributed by atoms with E-state index in [4.69, 9.17) is 5.11 Å². The van der Waals surface area contributed by atoms with E-state index in [-0.39, 0.29) is 30.7 Å². The van der Waals surface area contributed by atoms with Gasteiger partial charge >= 0.3 is 12.0 Å². The van der Waals surface area contributed by atoms with Gasteiger partial charge in [0.15, 0.2) is 0 Å². The number of carboxylic acids is 1. The topological polar surface area (TPSA) is 76.1 Å². The highest BCUT2D eigenvalue weighted by molar-refractivity contribution is 5.75. The van der Waals surface area contributed by atoms with Gasteiger partial charge in [-0.1, -0.05) is 37.3 Å². The van der Waals surface area contributed by atoms with Gasteiger partial charge in [-0.3, -0.25) is 9.69 Å². The quantitative estimate of drug-likeness (QED) is 0.791. The lowest BCUT2D eigenvalue weighted by molar-refractivity contribution is -0.139. The number of piperazine rings is 1. The lowest BCUT2D eigenvalue weighted by Crippen LogP contribution is -2.59. The molecular weight excluding hydrogens is 344 g/mol. The van der Waals surface area contributed by atoms with E-state index in [1.54, 1.807) is 0 Å². The molecule has 1 aromatic rings. The molecule has 1 aliphatic heterocycles. The second-order valence-corrected chi connectivity index (χ2v) is 7.61. The van der Waals surface area contributed by atoms with Crippen molar-refractivity contribution in [1.82, 2.24) is 20.0 Å². The summed E-state index contributed by atoms with van der Waals surface area (Å²) in [4.78, 5) is 30.0. The van der Waals surface area contributed by atoms with Crippen molar-refractivity contribution in [2.75, 3.05) is 39.8 Å². The van der Waals surface area contributed by atoms with Crippen molar-refractivity contribution >= 4 is 12.0 Å². The number of nitrogens with zero attached hydrogens (tertiary/aromatic N) is 3. The molecule has 1 heterocycles. The monoisotopic (exact) mass is 374 g/mol. The third-order valence-corrected chi connectivity index (χ3v) is 5.73. The smallest absolute Gasteiger partial charge is 0.318 e. The van der Waals surface area contributed by atoms with Crippen molar-refractivity contribution in [2.45, 2.75) is 37.9 Å². The maximum atomic E-state index is 12.9. The van der Waals surface area contributed by atoms with Crippen LogP contribution in [-0.2, 0) is 4.79 Å². The van der Waals surface area contributed by atoms with Crippen LogP contribution in [0, 0.1) is 0 Å². The van der Waals surface area contributed by atoms with Gasteiger partial charge in [0.1, 0.15) is 0 Å². The number of carbonyl (C=O) groups excluding carboxylic acids is 1. The molecule has 0 radical (unpaired) electrons. The molecule has 0 aromatic heterocycles. The van der Waals surface area contributed by atoms with Crippen molar-refractivity contribution in [2.24, 2.45) is 0 Å². The van der Waals surface area contributed by atoms with Gasteiger partial charge in [-0.25, -0.2) is 4.79 Å². The molecule has 1 unspecified atom stereocenters. The van der Waals surface area contributed by atoms with Crippen LogP contribution in [0.15, 0.2) is 30.3 Å². The van der Waals surface area contributed by atoms with E-state index in [0.29, 0.717) is 13.1 Å². The second-order valence-electron chi connectivity index (χ2n) is 7.61. The SMILES string of the molecule is CCN(CC(=O)O)C1CC(NC(=O)N2CCN(C)CC2c2ccccc2)C1. The van der Waals surface area contributed by atoms with Crippen LogP contribution >= 0.6 is 0 Å². The summed E-state index contributed by atoms with van der Waals surface area (Å²) in [6.45, 7) is 5.16. The molecule has 1 atom stereocenters. The highest BCUT2D eigenvalue weighted by atomic mass is 16.4. The van der Waals surface area contributed by atoms with Crippen molar-refractivity contribution in [3.8, 4) is 0 Å². The number of hydrogen-bond donors (Lipinski definition) is 2. The van der Waals surface area contributed by atoms with Crippen LogP contribution in [0.1, 0.15) is 31.4 Å². The van der Waals surface area contributed by atoms with Crippen LogP contribution in [0.4, 0.5) is 4.79 Å². The third kappa shape index (κ3) is 4.78. The number of likely N-dealkylation sites (N-methyl/N-ethyl adjacent to an activating group) is 2. The molecule has 2 fully saturated rings. The molecule has 7 heteroatoms. The number of carboxylic acid groups (broad SMARTS) is 1. The van der Waals surface area contributed by atoms with Gasteiger partial charge in [-0.15, -0.1) is 0 Å². The predicted molar refractivity (Wildman–Crippen MR) is 104 cm³/mol. The molecule has 0 bridgehead atoms. The summed E-state index contributed by atoms with van der Waals surface area (Å²) in [5.41, 5.74) is 1.16. The van der Waals surface area contributed by atoms with E-state index >= 15 is 0 Å². The van der Waals surface area contributed by atoms with E-state index < -0.39 is 5.97 Å². The Bertz CT molecular complexity index is 648. The van der Waals surface area contributed by atoms with E-state index in [1.165, 1.54) is 0 Å². The number of aliphatic carboxylic acids is 1. The Morgan fingerprint density at radius 1 is 1.22 bits per heavy atom. The zero-order valence-corrected chi connectivity index (χ0v) is 16.2. The highest BCUT2D eigenvalue weighted by Crippen LogP contribution is 2.28. The zero-order chi connectivity index (χ0) is 19.4. The van der Waals surface area contributed by atoms with Crippen LogP contribution in [0.3, 0.4) is 0 Å². The summed E-state index contributed by atoms with van der Waals surface area (Å²) >= 11 is 0. The number of hydrogen-bond acceptors (Lipinski definition) is 4. The minimum absolute atomic E-state index is 0.0123. The minimum Gasteiger partial charge on any atom is -0.480 e. The van der Waals surface area contributed by atoms with Gasteiger partial charge < -0.3 is 20.2 Å². The Morgan fingerprint density at radius 3 is 2.56 bits per heavy atom. The van der Waals surface area contributed by atoms with Crippen LogP contribution in [0.25, 0.3) is 0 Å². The Kier molecular flexibility index (Phi) is 6.34. The summed E-state index contributed by atoms with van der Waals surface area (Å²) in [5.74, 6) is -0.799. The van der Waals surface area contributed by atoms with Gasteiger partial charge in [-0.2, -0.15) is 0 Å². The number of amides is 2. The van der Waals surface area contributed by atoms with E-state index in [1.807, 2.05) is 34.9 Å². The lowest BCUT2D eigenvalue weighted by atomic mass is 9.85. The maximum absolute atomic E-state index is 12.9. The third-order valence-electron chi connectivity index (χ3n) is 5.73. The molecule has 1 aliphatic carbocycles. The standard InChI is InChI=1S/C20H30N4O3/c1-3-23(14-19(25)26)17-11-16(12-17)21-20(27)24-10-9-22(2)13-18(24)15-7-5-4-6-8-15/h4-8,16-18H,3,9-14H2,1-2H3,(H,21,27)(H,25,26). The molecule has 27 heavy (non-hydrogen) atoms. The molecule has 3 rings (SSSR count). The first kappa shape index (κ1) is 19.6. The predicted octanol–water partition coefficient (Wildman–Crippen LogP) is 1.62. The van der Waals surface area contributed by atoms with Crippen LogP contribution in [-0.4, -0.2) is 83.7 Å². The van der Waals surface area contributed by atoms with Crippen molar-refractivity contribution in [1.29, 1.82) is 0 Å². The van der Waals surface area contributed by atoms with Crippen molar-refractivity contribution in [3.05, 3.63) is 35.9 Å². The van der Waals surface area contributed by atoms with Crippen LogP contribution in [0.5, 0.6) is 0 Å². The second kappa shape index (κ2) is 8.71. The van der Waals surface area contributed by atoms with Crippen LogP contribution < -0.4 is 5.32 Å². The molecule has 7 nitrogen and oxygen atoms in total. The molecule has 2 N–H and O–H groups in total. The zero-order valence-electron chi connectivity index (χ0n) is 16.2. The molecule has 2 aliphatic rings. The summed E-state index contributed by atoms with van der Waals surface area (Å²) < 4.78 is 0. The Hall–Kier alpha value is -2.12. The first-order valence-electron chi connectivity index (χ1n) is 9.74. The van der Waals surface area contributed by atoms with Crippen molar-refractivity contribution < 1.29 is 14.7 Å². The normalized spacial score (nSPS) is 25.9. The van der Waals surface area contributed by atoms with Gasteiger partial charge in [0.05, 0.1) is 12.6 Å². The van der Waals surface area contributed by atoms with E-state index in [9.17, 15) is 9.59 Å². The van der Waals surface area contributed by atoms with Gasteiger partial charge in [0.2, 0.25) is 0 Å². The molecule has 1 saturated heterocycles. The Balaban J connectivity index is 1.56. The number of rotatable bonds is 6. The first-order chi connectivity index (χ1) is 13.0. The van der Waals surface area contributed by atoms with E-state index in [2.05, 4.69) is 29.4 Å². The molecule has 2 amide bonds. The number of nitrogens with one attached hydrogen (secondary N) is 1. The molecule has 1 aromatic carbocycles. The summed E-state index contributed by atoms with van der Waals surface area (Å²) in [6, 6.07) is 10.6. The summed E-state index contributed by atoms with van der Waals surface area (Å²) in [6.07, 6.45) is 1.63. The van der Waals surface area contributed by atoms with Gasteiger partial charge in [0, 0.05) is 31.7 Å². The average Bonchev–Trinajstić information content (AvgIpc) is 2.63. The number of urea groups is 1. The lowest BCUT2D eigenvalue weighted by Gasteiger charge is -2.45. The average molecular weight is 374 g/mol. The number of benzene rings is 1. The summed E-state index contributed by atoms with van der Waals surface area (Å²) in [5, 5.41) is 12.2. The Labute approximate surface area is 160 Å². The van der Waals surface area contributed by atoms with Gasteiger partial charge in [-0.05, 0) is 32.0 Å². The Morgan fingerprint density at radius 2 is 1.93 bits per heavy atom. The fourth-order valence-electron chi connectivity index (χ4n) is 4.06. The summed E-state index contributed by atoms with van der Waals surface area (Å²) in [7, 11) is 2.09. The molecule has 1 saturated carbocycles.